The summed E-state index contributed by atoms with van der Waals surface area (Å²) in [4.78, 5) is 29.2. The van der Waals surface area contributed by atoms with Crippen molar-refractivity contribution in [1.82, 2.24) is 9.88 Å². The predicted octanol–water partition coefficient (Wildman–Crippen LogP) is 1.67. The molecule has 1 N–H and O–H groups in total. The number of aryl methyl sites for hydroxylation is 1. The number of aromatic nitrogens is 1. The van der Waals surface area contributed by atoms with Gasteiger partial charge in [0.2, 0.25) is 0 Å². The summed E-state index contributed by atoms with van der Waals surface area (Å²) >= 11 is 0. The first kappa shape index (κ1) is 15.6. The molecule has 116 valence electrons. The number of nitrogens with one attached hydrogen (secondary N) is 1. The Balaban J connectivity index is 2.30. The van der Waals surface area contributed by atoms with E-state index in [1.807, 2.05) is 13.8 Å². The van der Waals surface area contributed by atoms with Gasteiger partial charge in [-0.15, -0.1) is 0 Å². The Morgan fingerprint density at radius 2 is 1.81 bits per heavy atom. The fourth-order valence-corrected chi connectivity index (χ4v) is 2.87. The topological polar surface area (TPSA) is 71.6 Å². The summed E-state index contributed by atoms with van der Waals surface area (Å²) < 4.78 is 10.4. The van der Waals surface area contributed by atoms with E-state index in [1.54, 1.807) is 18.7 Å². The van der Waals surface area contributed by atoms with E-state index >= 15 is 0 Å². The molecule has 0 aromatic carbocycles. The van der Waals surface area contributed by atoms with Crippen LogP contribution in [0.3, 0.4) is 0 Å². The summed E-state index contributed by atoms with van der Waals surface area (Å²) in [5, 5.41) is 0. The molecule has 6 nitrogen and oxygen atoms in total. The van der Waals surface area contributed by atoms with E-state index < -0.39 is 5.97 Å². The van der Waals surface area contributed by atoms with Crippen molar-refractivity contribution in [3.8, 4) is 0 Å². The van der Waals surface area contributed by atoms with Gasteiger partial charge in [0, 0.05) is 18.8 Å². The summed E-state index contributed by atoms with van der Waals surface area (Å²) in [6.07, 6.45) is 0.0169. The Labute approximate surface area is 124 Å². The maximum absolute atomic E-state index is 12.7. The Bertz CT molecular complexity index is 554. The first-order chi connectivity index (χ1) is 9.85. The van der Waals surface area contributed by atoms with Crippen LogP contribution in [0.2, 0.25) is 0 Å². The molecule has 0 spiro atoms. The lowest BCUT2D eigenvalue weighted by atomic mass is 10.1. The fourth-order valence-electron chi connectivity index (χ4n) is 2.87. The van der Waals surface area contributed by atoms with E-state index in [2.05, 4.69) is 4.98 Å². The molecular weight excluding hydrogens is 272 g/mol. The van der Waals surface area contributed by atoms with E-state index in [-0.39, 0.29) is 18.1 Å². The van der Waals surface area contributed by atoms with E-state index in [9.17, 15) is 9.59 Å². The zero-order valence-electron chi connectivity index (χ0n) is 13.1. The summed E-state index contributed by atoms with van der Waals surface area (Å²) in [6.45, 7) is 8.52. The number of nitrogens with zero attached hydrogens (tertiary/aromatic N) is 1. The Hall–Kier alpha value is -1.82. The first-order valence-corrected chi connectivity index (χ1v) is 7.07. The van der Waals surface area contributed by atoms with Crippen LogP contribution in [0, 0.1) is 13.8 Å². The van der Waals surface area contributed by atoms with Crippen LogP contribution >= 0.6 is 0 Å². The highest BCUT2D eigenvalue weighted by Gasteiger charge is 2.30. The number of carbonyl (C=O) groups is 2. The van der Waals surface area contributed by atoms with Crippen LogP contribution in [-0.2, 0) is 9.47 Å². The second-order valence-corrected chi connectivity index (χ2v) is 5.58. The molecule has 0 unspecified atom stereocenters. The molecule has 1 fully saturated rings. The largest absolute Gasteiger partial charge is 0.465 e. The minimum Gasteiger partial charge on any atom is -0.465 e. The first-order valence-electron chi connectivity index (χ1n) is 7.07. The van der Waals surface area contributed by atoms with Crippen LogP contribution in [0.1, 0.15) is 46.0 Å². The summed E-state index contributed by atoms with van der Waals surface area (Å²) in [5.74, 6) is -0.531. The van der Waals surface area contributed by atoms with Crippen LogP contribution in [0.15, 0.2) is 0 Å². The van der Waals surface area contributed by atoms with Gasteiger partial charge < -0.3 is 19.4 Å². The second kappa shape index (κ2) is 5.89. The van der Waals surface area contributed by atoms with Gasteiger partial charge in [-0.05, 0) is 33.3 Å². The van der Waals surface area contributed by atoms with Crippen LogP contribution < -0.4 is 0 Å². The van der Waals surface area contributed by atoms with Crippen molar-refractivity contribution in [2.45, 2.75) is 39.9 Å². The average Bonchev–Trinajstić information content (AvgIpc) is 2.71. The number of hydrogen-bond acceptors (Lipinski definition) is 4. The molecule has 1 aromatic rings. The highest BCUT2D eigenvalue weighted by Crippen LogP contribution is 2.22. The third kappa shape index (κ3) is 2.95. The van der Waals surface area contributed by atoms with Crippen molar-refractivity contribution in [2.75, 3.05) is 20.2 Å². The number of morpholine rings is 1. The van der Waals surface area contributed by atoms with Gasteiger partial charge in [-0.3, -0.25) is 4.79 Å². The maximum Gasteiger partial charge on any atom is 0.339 e. The molecule has 1 aromatic heterocycles. The molecule has 0 bridgehead atoms. The van der Waals surface area contributed by atoms with Crippen molar-refractivity contribution in [3.05, 3.63) is 22.5 Å². The Kier molecular flexibility index (Phi) is 4.37. The Morgan fingerprint density at radius 3 is 2.33 bits per heavy atom. The molecule has 6 heteroatoms. The van der Waals surface area contributed by atoms with Gasteiger partial charge >= 0.3 is 5.97 Å². The molecular formula is C15H22N2O4. The van der Waals surface area contributed by atoms with E-state index in [0.29, 0.717) is 35.6 Å². The third-order valence-corrected chi connectivity index (χ3v) is 3.75. The quantitative estimate of drug-likeness (QED) is 0.842. The van der Waals surface area contributed by atoms with Gasteiger partial charge in [-0.2, -0.15) is 0 Å². The number of hydrogen-bond donors (Lipinski definition) is 1. The van der Waals surface area contributed by atoms with Gasteiger partial charge in [0.05, 0.1) is 24.9 Å². The van der Waals surface area contributed by atoms with Gasteiger partial charge in [0.1, 0.15) is 5.69 Å². The normalized spacial score (nSPS) is 22.2. The Morgan fingerprint density at radius 1 is 1.24 bits per heavy atom. The maximum atomic E-state index is 12.7. The summed E-state index contributed by atoms with van der Waals surface area (Å²) in [7, 11) is 1.33. The fraction of sp³-hybridized carbons (Fsp3) is 0.600. The van der Waals surface area contributed by atoms with Crippen molar-refractivity contribution < 1.29 is 19.1 Å². The second-order valence-electron chi connectivity index (χ2n) is 5.58. The van der Waals surface area contributed by atoms with Crippen molar-refractivity contribution in [3.63, 3.8) is 0 Å². The third-order valence-electron chi connectivity index (χ3n) is 3.75. The number of esters is 1. The zero-order chi connectivity index (χ0) is 15.7. The van der Waals surface area contributed by atoms with Crippen molar-refractivity contribution in [1.29, 1.82) is 0 Å². The van der Waals surface area contributed by atoms with E-state index in [1.165, 1.54) is 7.11 Å². The van der Waals surface area contributed by atoms with E-state index in [4.69, 9.17) is 9.47 Å². The average molecular weight is 294 g/mol. The van der Waals surface area contributed by atoms with E-state index in [0.717, 1.165) is 0 Å². The SMILES string of the molecule is COC(=O)c1c(C)[nH]c(C(=O)N2C[C@@H](C)O[C@@H](C)C2)c1C. The number of ether oxygens (including phenoxy) is 2. The lowest BCUT2D eigenvalue weighted by molar-refractivity contribution is -0.0587. The molecule has 0 aliphatic carbocycles. The smallest absolute Gasteiger partial charge is 0.339 e. The molecule has 1 aliphatic rings. The standard InChI is InChI=1S/C15H22N2O4/c1-8-6-17(7-9(2)21-8)14(18)13-10(3)12(11(4)16-13)15(19)20-5/h8-9,16H,6-7H2,1-5H3/t8-,9+. The van der Waals surface area contributed by atoms with Crippen LogP contribution in [0.5, 0.6) is 0 Å². The number of amides is 1. The summed E-state index contributed by atoms with van der Waals surface area (Å²) in [6, 6.07) is 0. The predicted molar refractivity (Wildman–Crippen MR) is 77.5 cm³/mol. The molecule has 21 heavy (non-hydrogen) atoms. The molecule has 2 atom stereocenters. The number of rotatable bonds is 2. The number of carbonyl (C=O) groups excluding carboxylic acids is 2. The van der Waals surface area contributed by atoms with Gasteiger partial charge in [-0.25, -0.2) is 4.79 Å². The minimum atomic E-state index is -0.427. The molecule has 0 radical (unpaired) electrons. The molecule has 1 saturated heterocycles. The number of methoxy groups -OCH3 is 1. The number of H-pyrrole nitrogens is 1. The summed E-state index contributed by atoms with van der Waals surface area (Å²) in [5.41, 5.74) is 2.18. The molecule has 0 saturated carbocycles. The van der Waals surface area contributed by atoms with Gasteiger partial charge in [0.25, 0.3) is 5.91 Å². The van der Waals surface area contributed by atoms with Crippen LogP contribution in [0.25, 0.3) is 0 Å². The lowest BCUT2D eigenvalue weighted by Crippen LogP contribution is -2.48. The molecule has 1 aliphatic heterocycles. The minimum absolute atomic E-state index is 0.00847. The monoisotopic (exact) mass is 294 g/mol. The van der Waals surface area contributed by atoms with Crippen molar-refractivity contribution >= 4 is 11.9 Å². The molecule has 1 amide bonds. The molecule has 2 rings (SSSR count). The highest BCUT2D eigenvalue weighted by molar-refractivity contribution is 6.00. The highest BCUT2D eigenvalue weighted by atomic mass is 16.5. The lowest BCUT2D eigenvalue weighted by Gasteiger charge is -2.35. The van der Waals surface area contributed by atoms with Crippen LogP contribution in [0.4, 0.5) is 0 Å². The van der Waals surface area contributed by atoms with Crippen molar-refractivity contribution in [2.24, 2.45) is 0 Å². The molecule has 2 heterocycles. The number of aromatic amines is 1. The van der Waals surface area contributed by atoms with Crippen LogP contribution in [-0.4, -0.2) is 54.2 Å². The zero-order valence-corrected chi connectivity index (χ0v) is 13.1. The van der Waals surface area contributed by atoms with Gasteiger partial charge in [0.15, 0.2) is 0 Å². The van der Waals surface area contributed by atoms with Gasteiger partial charge in [-0.1, -0.05) is 0 Å².